The number of aromatic nitrogens is 2. The fourth-order valence-corrected chi connectivity index (χ4v) is 2.64. The molecule has 0 saturated carbocycles. The van der Waals surface area contributed by atoms with E-state index >= 15 is 0 Å². The van der Waals surface area contributed by atoms with Crippen molar-refractivity contribution in [3.63, 3.8) is 0 Å². The van der Waals surface area contributed by atoms with Crippen LogP contribution in [-0.4, -0.2) is 39.5 Å². The molecule has 0 spiro atoms. The number of rotatable bonds is 2. The van der Waals surface area contributed by atoms with Crippen molar-refractivity contribution in [3.8, 4) is 0 Å². The predicted molar refractivity (Wildman–Crippen MR) is 80.9 cm³/mol. The van der Waals surface area contributed by atoms with Crippen molar-refractivity contribution in [1.82, 2.24) is 14.7 Å². The standard InChI is InChI=1S/C15H26N4O2/c1-11(16)13-7-8-17-19(13)12-6-5-9-18(10-12)14(20)21-15(2,3)4/h7-8,11-12H,5-6,9-10,16H2,1-4H3. The third-order valence-electron chi connectivity index (χ3n) is 3.56. The smallest absolute Gasteiger partial charge is 0.410 e. The zero-order chi connectivity index (χ0) is 15.6. The highest BCUT2D eigenvalue weighted by Crippen LogP contribution is 2.25. The minimum Gasteiger partial charge on any atom is -0.444 e. The molecule has 2 rings (SSSR count). The summed E-state index contributed by atoms with van der Waals surface area (Å²) in [6.07, 6.45) is 3.47. The Hall–Kier alpha value is -1.56. The van der Waals surface area contributed by atoms with Gasteiger partial charge in [-0.25, -0.2) is 4.79 Å². The number of piperidine rings is 1. The molecule has 0 aromatic carbocycles. The van der Waals surface area contributed by atoms with Crippen molar-refractivity contribution < 1.29 is 9.53 Å². The van der Waals surface area contributed by atoms with Gasteiger partial charge in [-0.15, -0.1) is 0 Å². The fraction of sp³-hybridized carbons (Fsp3) is 0.733. The van der Waals surface area contributed by atoms with Gasteiger partial charge in [0.25, 0.3) is 0 Å². The van der Waals surface area contributed by atoms with Gasteiger partial charge in [-0.2, -0.15) is 5.10 Å². The molecule has 2 unspecified atom stereocenters. The first-order valence-corrected chi connectivity index (χ1v) is 7.55. The molecule has 2 heterocycles. The van der Waals surface area contributed by atoms with Crippen LogP contribution in [0.3, 0.4) is 0 Å². The molecule has 6 nitrogen and oxygen atoms in total. The van der Waals surface area contributed by atoms with Gasteiger partial charge >= 0.3 is 6.09 Å². The van der Waals surface area contributed by atoms with Crippen LogP contribution in [0.4, 0.5) is 4.79 Å². The summed E-state index contributed by atoms with van der Waals surface area (Å²) in [7, 11) is 0. The molecule has 21 heavy (non-hydrogen) atoms. The lowest BCUT2D eigenvalue weighted by Gasteiger charge is -2.35. The van der Waals surface area contributed by atoms with Gasteiger partial charge in [0.05, 0.1) is 11.7 Å². The largest absolute Gasteiger partial charge is 0.444 e. The Bertz CT molecular complexity index is 490. The molecular weight excluding hydrogens is 268 g/mol. The van der Waals surface area contributed by atoms with Crippen LogP contribution in [0.25, 0.3) is 0 Å². The Balaban J connectivity index is 2.07. The van der Waals surface area contributed by atoms with Crippen LogP contribution < -0.4 is 5.73 Å². The van der Waals surface area contributed by atoms with E-state index in [4.69, 9.17) is 10.5 Å². The fourth-order valence-electron chi connectivity index (χ4n) is 2.64. The van der Waals surface area contributed by atoms with E-state index in [2.05, 4.69) is 5.10 Å². The molecule has 2 atom stereocenters. The van der Waals surface area contributed by atoms with Crippen molar-refractivity contribution in [2.24, 2.45) is 5.73 Å². The number of amides is 1. The summed E-state index contributed by atoms with van der Waals surface area (Å²) < 4.78 is 7.41. The molecule has 0 aliphatic carbocycles. The molecule has 6 heteroatoms. The van der Waals surface area contributed by atoms with E-state index in [1.54, 1.807) is 11.1 Å². The summed E-state index contributed by atoms with van der Waals surface area (Å²) in [5.41, 5.74) is 6.52. The Labute approximate surface area is 126 Å². The molecule has 1 amide bonds. The zero-order valence-corrected chi connectivity index (χ0v) is 13.4. The van der Waals surface area contributed by atoms with Gasteiger partial charge in [-0.1, -0.05) is 0 Å². The highest BCUT2D eigenvalue weighted by atomic mass is 16.6. The minimum absolute atomic E-state index is 0.0654. The Kier molecular flexibility index (Phi) is 4.56. The van der Waals surface area contributed by atoms with E-state index in [-0.39, 0.29) is 18.2 Å². The van der Waals surface area contributed by atoms with Crippen LogP contribution in [0.15, 0.2) is 12.3 Å². The van der Waals surface area contributed by atoms with Gasteiger partial charge in [0.1, 0.15) is 5.60 Å². The number of ether oxygens (including phenoxy) is 1. The van der Waals surface area contributed by atoms with Crippen molar-refractivity contribution in [2.75, 3.05) is 13.1 Å². The lowest BCUT2D eigenvalue weighted by molar-refractivity contribution is 0.0165. The lowest BCUT2D eigenvalue weighted by Crippen LogP contribution is -2.44. The van der Waals surface area contributed by atoms with Crippen molar-refractivity contribution >= 4 is 6.09 Å². The van der Waals surface area contributed by atoms with Crippen LogP contribution in [0, 0.1) is 0 Å². The first-order valence-electron chi connectivity index (χ1n) is 7.55. The molecule has 1 fully saturated rings. The monoisotopic (exact) mass is 294 g/mol. The van der Waals surface area contributed by atoms with Gasteiger partial charge < -0.3 is 15.4 Å². The third-order valence-corrected chi connectivity index (χ3v) is 3.56. The molecule has 0 bridgehead atoms. The number of hydrogen-bond donors (Lipinski definition) is 1. The maximum absolute atomic E-state index is 12.2. The molecule has 1 aliphatic heterocycles. The molecular formula is C15H26N4O2. The average Bonchev–Trinajstić information content (AvgIpc) is 2.86. The molecule has 2 N–H and O–H groups in total. The summed E-state index contributed by atoms with van der Waals surface area (Å²) in [4.78, 5) is 14.0. The van der Waals surface area contributed by atoms with Crippen molar-refractivity contribution in [1.29, 1.82) is 0 Å². The van der Waals surface area contributed by atoms with Crippen molar-refractivity contribution in [3.05, 3.63) is 18.0 Å². The number of carbonyl (C=O) groups excluding carboxylic acids is 1. The molecule has 1 saturated heterocycles. The summed E-state index contributed by atoms with van der Waals surface area (Å²) in [5.74, 6) is 0. The molecule has 1 aliphatic rings. The van der Waals surface area contributed by atoms with Gasteiger partial charge in [0, 0.05) is 25.3 Å². The SMILES string of the molecule is CC(N)c1ccnn1C1CCCN(C(=O)OC(C)(C)C)C1. The summed E-state index contributed by atoms with van der Waals surface area (Å²) >= 11 is 0. The molecule has 1 aromatic heterocycles. The van der Waals surface area contributed by atoms with E-state index in [1.165, 1.54) is 0 Å². The van der Waals surface area contributed by atoms with E-state index < -0.39 is 5.60 Å². The topological polar surface area (TPSA) is 73.4 Å². The predicted octanol–water partition coefficient (Wildman–Crippen LogP) is 2.47. The highest BCUT2D eigenvalue weighted by molar-refractivity contribution is 5.68. The van der Waals surface area contributed by atoms with E-state index in [1.807, 2.05) is 38.4 Å². The Morgan fingerprint density at radius 3 is 2.86 bits per heavy atom. The quantitative estimate of drug-likeness (QED) is 0.909. The van der Waals surface area contributed by atoms with Crippen LogP contribution in [0.5, 0.6) is 0 Å². The summed E-state index contributed by atoms with van der Waals surface area (Å²) in [6.45, 7) is 8.95. The van der Waals surface area contributed by atoms with Gasteiger partial charge in [-0.05, 0) is 46.6 Å². The molecule has 1 aromatic rings. The lowest BCUT2D eigenvalue weighted by atomic mass is 10.1. The summed E-state index contributed by atoms with van der Waals surface area (Å²) in [5, 5.41) is 4.39. The minimum atomic E-state index is -0.466. The van der Waals surface area contributed by atoms with E-state index in [0.717, 1.165) is 25.1 Å². The second kappa shape index (κ2) is 6.05. The number of hydrogen-bond acceptors (Lipinski definition) is 4. The third kappa shape index (κ3) is 3.97. The van der Waals surface area contributed by atoms with E-state index in [9.17, 15) is 4.79 Å². The van der Waals surface area contributed by atoms with E-state index in [0.29, 0.717) is 6.54 Å². The maximum Gasteiger partial charge on any atom is 0.410 e. The summed E-state index contributed by atoms with van der Waals surface area (Å²) in [6, 6.07) is 2.04. The highest BCUT2D eigenvalue weighted by Gasteiger charge is 2.29. The first-order chi connectivity index (χ1) is 9.78. The van der Waals surface area contributed by atoms with Gasteiger partial charge in [-0.3, -0.25) is 4.68 Å². The zero-order valence-electron chi connectivity index (χ0n) is 13.4. The van der Waals surface area contributed by atoms with Crippen LogP contribution >= 0.6 is 0 Å². The van der Waals surface area contributed by atoms with Crippen LogP contribution in [0.1, 0.15) is 58.3 Å². The Morgan fingerprint density at radius 1 is 1.52 bits per heavy atom. The van der Waals surface area contributed by atoms with Gasteiger partial charge in [0.2, 0.25) is 0 Å². The molecule has 118 valence electrons. The normalized spacial score (nSPS) is 21.2. The number of carbonyl (C=O) groups is 1. The van der Waals surface area contributed by atoms with Crippen molar-refractivity contribution in [2.45, 2.75) is 58.2 Å². The Morgan fingerprint density at radius 2 is 2.24 bits per heavy atom. The first kappa shape index (κ1) is 15.8. The number of nitrogens with two attached hydrogens (primary N) is 1. The second-order valence-corrected chi connectivity index (χ2v) is 6.71. The molecule has 0 radical (unpaired) electrons. The average molecular weight is 294 g/mol. The number of nitrogens with zero attached hydrogens (tertiary/aromatic N) is 3. The maximum atomic E-state index is 12.2. The van der Waals surface area contributed by atoms with Crippen LogP contribution in [-0.2, 0) is 4.74 Å². The number of likely N-dealkylation sites (tertiary alicyclic amines) is 1. The van der Waals surface area contributed by atoms with Gasteiger partial charge in [0.15, 0.2) is 0 Å². The van der Waals surface area contributed by atoms with Crippen LogP contribution in [0.2, 0.25) is 0 Å². The second-order valence-electron chi connectivity index (χ2n) is 6.71.